The van der Waals surface area contributed by atoms with Crippen LogP contribution in [0.1, 0.15) is 88.5 Å². The maximum absolute atomic E-state index is 14.3. The predicted octanol–water partition coefficient (Wildman–Crippen LogP) is 0.237. The topological polar surface area (TPSA) is 227 Å². The fourth-order valence-electron chi connectivity index (χ4n) is 8.73. The molecule has 0 amide bonds. The van der Waals surface area contributed by atoms with E-state index in [4.69, 9.17) is 33.2 Å². The Morgan fingerprint density at radius 3 is 1.96 bits per heavy atom. The van der Waals surface area contributed by atoms with Gasteiger partial charge in [-0.05, 0) is 68.5 Å². The molecule has 6 N–H and O–H groups in total. The summed E-state index contributed by atoms with van der Waals surface area (Å²) in [6.45, 7) is 15.0. The third-order valence-electron chi connectivity index (χ3n) is 12.7. The molecule has 4 aliphatic rings. The summed E-state index contributed by atoms with van der Waals surface area (Å²) >= 11 is 0. The lowest BCUT2D eigenvalue weighted by Gasteiger charge is -2.49. The molecule has 16 nitrogen and oxygen atoms in total. The summed E-state index contributed by atoms with van der Waals surface area (Å²) in [6.07, 6.45) is -12.1. The normalized spacial score (nSPS) is 53.1. The van der Waals surface area contributed by atoms with Crippen LogP contribution in [-0.2, 0) is 42.7 Å². The summed E-state index contributed by atoms with van der Waals surface area (Å²) in [5, 5.41) is 69.8. The largest absolute Gasteiger partial charge is 0.457 e. The Labute approximate surface area is 312 Å². The first kappa shape index (κ1) is 44.3. The first-order valence-electron chi connectivity index (χ1n) is 18.7. The quantitative estimate of drug-likeness (QED) is 0.151. The number of epoxide rings is 1. The lowest BCUT2D eigenvalue weighted by atomic mass is 9.72. The second kappa shape index (κ2) is 15.5. The average molecular weight is 764 g/mol. The van der Waals surface area contributed by atoms with E-state index in [-0.39, 0.29) is 12.8 Å². The molecule has 0 aromatic rings. The number of ketones is 1. The molecule has 0 saturated carbocycles. The number of esters is 1. The number of aliphatic hydroxyl groups is 6. The highest BCUT2D eigenvalue weighted by atomic mass is 16.9. The van der Waals surface area contributed by atoms with Crippen LogP contribution in [0.25, 0.3) is 0 Å². The van der Waals surface area contributed by atoms with E-state index in [0.717, 1.165) is 0 Å². The molecule has 0 aromatic heterocycles. The molecule has 0 bridgehead atoms. The average Bonchev–Trinajstić information content (AvgIpc) is 3.71. The summed E-state index contributed by atoms with van der Waals surface area (Å²) in [4.78, 5) is 30.0. The minimum atomic E-state index is -2.36. The van der Waals surface area contributed by atoms with Crippen LogP contribution in [0.3, 0.4) is 0 Å². The van der Waals surface area contributed by atoms with Crippen molar-refractivity contribution in [1.82, 2.24) is 4.90 Å². The Bertz CT molecular complexity index is 1310. The Morgan fingerprint density at radius 2 is 1.43 bits per heavy atom. The number of nitrogens with zero attached hydrogens (tertiary/aromatic N) is 1. The molecule has 0 aromatic carbocycles. The van der Waals surface area contributed by atoms with Crippen molar-refractivity contribution in [2.45, 2.75) is 184 Å². The van der Waals surface area contributed by atoms with Gasteiger partial charge in [0, 0.05) is 37.3 Å². The zero-order valence-corrected chi connectivity index (χ0v) is 33.5. The highest BCUT2D eigenvalue weighted by Crippen LogP contribution is 2.59. The van der Waals surface area contributed by atoms with Gasteiger partial charge in [0.2, 0.25) is 11.4 Å². The summed E-state index contributed by atoms with van der Waals surface area (Å²) in [5.74, 6) is -7.60. The van der Waals surface area contributed by atoms with Crippen LogP contribution in [0.2, 0.25) is 0 Å². The zero-order valence-electron chi connectivity index (χ0n) is 33.5. The Hall–Kier alpha value is -1.38. The maximum atomic E-state index is 14.3. The van der Waals surface area contributed by atoms with Gasteiger partial charge < -0.3 is 68.7 Å². The Morgan fingerprint density at radius 1 is 0.868 bits per heavy atom. The molecule has 308 valence electrons. The van der Waals surface area contributed by atoms with E-state index in [2.05, 4.69) is 0 Å². The van der Waals surface area contributed by atoms with E-state index in [9.17, 15) is 40.2 Å². The molecular weight excluding hydrogens is 698 g/mol. The molecule has 53 heavy (non-hydrogen) atoms. The van der Waals surface area contributed by atoms with Crippen LogP contribution < -0.4 is 0 Å². The Balaban J connectivity index is 1.91. The SMILES string of the molecule is CC[C@H]1OC(=O)[C@@]2(C)O[C@]2(OC2C[C@@](C)(OC)[C@@H](O)[C@H](C)O2)[C@H](C)[C@@H](OC2O[C@@H](C)C[C@@H](N(C)C)[C@@H]2O)[C@](C)(O)C(O)[C@@H](C)C(=O)[C@H](C)[C@@H](O)[C@]1(C)O. The first-order valence-corrected chi connectivity index (χ1v) is 18.7. The van der Waals surface area contributed by atoms with Crippen molar-refractivity contribution in [2.75, 3.05) is 21.2 Å². The second-order valence-electron chi connectivity index (χ2n) is 16.9. The zero-order chi connectivity index (χ0) is 40.4. The number of aliphatic hydroxyl groups excluding tert-OH is 4. The number of ether oxygens (including phenoxy) is 7. The number of likely N-dealkylation sites (N-methyl/N-ethyl adjacent to an activating group) is 1. The van der Waals surface area contributed by atoms with Gasteiger partial charge in [0.25, 0.3) is 0 Å². The number of Topliss-reactive ketones (excluding diaryl/α,β-unsaturated/α-hetero) is 1. The molecule has 4 heterocycles. The van der Waals surface area contributed by atoms with E-state index in [1.54, 1.807) is 48.7 Å². The molecule has 19 atom stereocenters. The molecule has 0 aliphatic carbocycles. The number of methoxy groups -OCH3 is 1. The molecule has 0 radical (unpaired) electrons. The van der Waals surface area contributed by atoms with Crippen molar-refractivity contribution in [3.05, 3.63) is 0 Å². The summed E-state index contributed by atoms with van der Waals surface area (Å²) < 4.78 is 43.2. The monoisotopic (exact) mass is 763 g/mol. The lowest BCUT2D eigenvalue weighted by molar-refractivity contribution is -0.334. The Kier molecular flexibility index (Phi) is 13.0. The highest BCUT2D eigenvalue weighted by molar-refractivity contribution is 5.85. The van der Waals surface area contributed by atoms with E-state index >= 15 is 0 Å². The van der Waals surface area contributed by atoms with Gasteiger partial charge in [0.1, 0.15) is 35.3 Å². The minimum absolute atomic E-state index is 0.0309. The van der Waals surface area contributed by atoms with Gasteiger partial charge in [-0.1, -0.05) is 27.7 Å². The first-order chi connectivity index (χ1) is 24.3. The van der Waals surface area contributed by atoms with Crippen LogP contribution in [0.5, 0.6) is 0 Å². The summed E-state index contributed by atoms with van der Waals surface area (Å²) in [6, 6.07) is -0.424. The standard InChI is InChI=1S/C37H65NO15/c1-14-23-34(8,45)27(41)18(3)25(39)19(4)28(42)35(9,46)30(51-31-26(40)22(38(11)12)15-17(2)48-31)20(5)37(36(10,53-37)32(44)50-23)52-24-16-33(7,47-13)29(43)21(6)49-24/h17-24,26-31,40-43,45-46H,14-16H2,1-13H3/t17-,18-,19-,20+,21-,22+,23+,24?,26-,27+,28?,29-,30+,31?,33+,34+,35+,36+,37+/m0/s1. The van der Waals surface area contributed by atoms with Crippen LogP contribution >= 0.6 is 0 Å². The summed E-state index contributed by atoms with van der Waals surface area (Å²) in [5.41, 5.74) is -7.63. The van der Waals surface area contributed by atoms with Gasteiger partial charge in [-0.25, -0.2) is 4.79 Å². The molecule has 3 unspecified atom stereocenters. The fraction of sp³-hybridized carbons (Fsp3) is 0.946. The predicted molar refractivity (Wildman–Crippen MR) is 187 cm³/mol. The molecule has 0 spiro atoms. The van der Waals surface area contributed by atoms with Crippen LogP contribution in [0, 0.1) is 17.8 Å². The van der Waals surface area contributed by atoms with Crippen molar-refractivity contribution in [1.29, 1.82) is 0 Å². The van der Waals surface area contributed by atoms with Gasteiger partial charge in [-0.3, -0.25) is 4.79 Å². The molecule has 4 saturated heterocycles. The highest BCUT2D eigenvalue weighted by Gasteiger charge is 2.80. The number of carbonyl (C=O) groups is 2. The van der Waals surface area contributed by atoms with Crippen LogP contribution in [0.4, 0.5) is 0 Å². The molecule has 4 aliphatic heterocycles. The van der Waals surface area contributed by atoms with Gasteiger partial charge in [-0.2, -0.15) is 0 Å². The van der Waals surface area contributed by atoms with Crippen molar-refractivity contribution >= 4 is 11.8 Å². The van der Waals surface area contributed by atoms with Crippen LogP contribution in [-0.4, -0.2) is 164 Å². The fourth-order valence-corrected chi connectivity index (χ4v) is 8.73. The second-order valence-corrected chi connectivity index (χ2v) is 16.9. The van der Waals surface area contributed by atoms with Gasteiger partial charge in [0.05, 0.1) is 36.1 Å². The number of hydrogen-bond donors (Lipinski definition) is 6. The molecule has 4 rings (SSSR count). The van der Waals surface area contributed by atoms with Crippen molar-refractivity contribution in [3.8, 4) is 0 Å². The van der Waals surface area contributed by atoms with Gasteiger partial charge in [0.15, 0.2) is 12.6 Å². The van der Waals surface area contributed by atoms with Gasteiger partial charge in [-0.15, -0.1) is 0 Å². The molecule has 16 heteroatoms. The van der Waals surface area contributed by atoms with Crippen molar-refractivity contribution in [3.63, 3.8) is 0 Å². The van der Waals surface area contributed by atoms with E-state index < -0.39 is 125 Å². The van der Waals surface area contributed by atoms with Crippen molar-refractivity contribution < 1.29 is 73.4 Å². The van der Waals surface area contributed by atoms with E-state index in [0.29, 0.717) is 6.42 Å². The lowest BCUT2D eigenvalue weighted by Crippen LogP contribution is -2.65. The maximum Gasteiger partial charge on any atom is 0.344 e. The van der Waals surface area contributed by atoms with E-state index in [1.165, 1.54) is 41.7 Å². The van der Waals surface area contributed by atoms with E-state index in [1.807, 2.05) is 4.90 Å². The minimum Gasteiger partial charge on any atom is -0.457 e. The third kappa shape index (κ3) is 7.71. The van der Waals surface area contributed by atoms with Gasteiger partial charge >= 0.3 is 5.97 Å². The van der Waals surface area contributed by atoms with Crippen LogP contribution in [0.15, 0.2) is 0 Å². The summed E-state index contributed by atoms with van der Waals surface area (Å²) in [7, 11) is 5.03. The number of cyclic esters (lactones) is 1. The van der Waals surface area contributed by atoms with Crippen molar-refractivity contribution in [2.24, 2.45) is 17.8 Å². The molecule has 4 fully saturated rings. The smallest absolute Gasteiger partial charge is 0.344 e. The number of rotatable bonds is 7. The number of carbonyl (C=O) groups excluding carboxylic acids is 2. The number of fused-ring (bicyclic) bond motifs is 1. The number of hydrogen-bond acceptors (Lipinski definition) is 16. The third-order valence-corrected chi connectivity index (χ3v) is 12.7. The molecular formula is C37H65NO15.